The molecule has 0 aliphatic rings. The van der Waals surface area contributed by atoms with Crippen LogP contribution in [-0.2, 0) is 11.9 Å². The fourth-order valence-electron chi connectivity index (χ4n) is 1.99. The number of halogens is 2. The number of nitrogens with two attached hydrogens (primary N) is 1. The number of rotatable bonds is 5. The van der Waals surface area contributed by atoms with Gasteiger partial charge in [-0.2, -0.15) is 0 Å². The van der Waals surface area contributed by atoms with E-state index in [2.05, 4.69) is 32.0 Å². The lowest BCUT2D eigenvalue weighted by Gasteiger charge is -2.14. The molecular formula is C16H19BrFN3O5. The van der Waals surface area contributed by atoms with Crippen molar-refractivity contribution in [3.8, 4) is 0 Å². The van der Waals surface area contributed by atoms with E-state index in [1.807, 2.05) is 0 Å². The van der Waals surface area contributed by atoms with Crippen molar-refractivity contribution in [2.45, 2.75) is 6.92 Å². The van der Waals surface area contributed by atoms with Gasteiger partial charge in [-0.05, 0) is 25.1 Å². The van der Waals surface area contributed by atoms with Gasteiger partial charge in [0, 0.05) is 23.3 Å². The zero-order valence-electron chi connectivity index (χ0n) is 14.1. The minimum absolute atomic E-state index is 0.00347. The second-order valence-electron chi connectivity index (χ2n) is 5.11. The molecule has 142 valence electrons. The summed E-state index contributed by atoms with van der Waals surface area (Å²) in [7, 11) is 1.46. The highest BCUT2D eigenvalue weighted by Crippen LogP contribution is 2.26. The molecule has 5 N–H and O–H groups in total. The van der Waals surface area contributed by atoms with Gasteiger partial charge in [0.2, 0.25) is 0 Å². The molecule has 0 saturated heterocycles. The number of benzene rings is 1. The predicted octanol–water partition coefficient (Wildman–Crippen LogP) is 1.91. The van der Waals surface area contributed by atoms with Crippen LogP contribution in [-0.4, -0.2) is 34.0 Å². The van der Waals surface area contributed by atoms with E-state index in [-0.39, 0.29) is 41.3 Å². The fraction of sp³-hybridized carbons (Fsp3) is 0.250. The van der Waals surface area contributed by atoms with Crippen LogP contribution < -0.4 is 16.8 Å². The Morgan fingerprint density at radius 3 is 2.58 bits per heavy atom. The molecule has 0 amide bonds. The number of nitrogens with one attached hydrogen (secondary N) is 1. The quantitative estimate of drug-likeness (QED) is 0.532. The Morgan fingerprint density at radius 1 is 1.46 bits per heavy atom. The number of carboxylic acid groups (broad SMARTS) is 1. The molecule has 0 spiro atoms. The third-order valence-electron chi connectivity index (χ3n) is 3.24. The smallest absolute Gasteiger partial charge is 0.339 e. The topological polar surface area (TPSA) is 127 Å². The summed E-state index contributed by atoms with van der Waals surface area (Å²) < 4.78 is 15.6. The first-order valence-electron chi connectivity index (χ1n) is 7.31. The third-order valence-corrected chi connectivity index (χ3v) is 3.73. The van der Waals surface area contributed by atoms with Crippen molar-refractivity contribution < 1.29 is 24.2 Å². The number of aromatic nitrogens is 1. The standard InChI is InChI=1S/C14H12BrFN2O3.C2H7NO2/c1-7-12(9(14(20)21)6-18(2)13(7)19)17-11-4-3-8(15)5-10(11)16;3-5-2-1-4/h3-6,17H,1-2H3,(H,20,21);4H,1-3H2. The molecule has 2 aromatic rings. The molecule has 0 saturated carbocycles. The number of hydrogen-bond donors (Lipinski definition) is 4. The highest BCUT2D eigenvalue weighted by molar-refractivity contribution is 9.10. The average Bonchev–Trinajstić information content (AvgIpc) is 2.58. The Bertz CT molecular complexity index is 839. The number of carboxylic acids is 1. The zero-order valence-corrected chi connectivity index (χ0v) is 15.7. The molecule has 0 aliphatic heterocycles. The highest BCUT2D eigenvalue weighted by atomic mass is 79.9. The Kier molecular flexibility index (Phi) is 8.39. The van der Waals surface area contributed by atoms with E-state index in [1.165, 1.54) is 36.9 Å². The summed E-state index contributed by atoms with van der Waals surface area (Å²) in [5.41, 5.74) is -0.0551. The molecule has 1 aromatic carbocycles. The summed E-state index contributed by atoms with van der Waals surface area (Å²) in [6.07, 6.45) is 1.21. The molecule has 0 aliphatic carbocycles. The fourth-order valence-corrected chi connectivity index (χ4v) is 2.32. The molecule has 26 heavy (non-hydrogen) atoms. The molecule has 0 atom stereocenters. The summed E-state index contributed by atoms with van der Waals surface area (Å²) in [5, 5.41) is 19.8. The van der Waals surface area contributed by atoms with Crippen LogP contribution in [0.1, 0.15) is 15.9 Å². The van der Waals surface area contributed by atoms with Crippen molar-refractivity contribution in [2.75, 3.05) is 18.5 Å². The highest BCUT2D eigenvalue weighted by Gasteiger charge is 2.17. The molecule has 10 heteroatoms. The molecular weight excluding hydrogens is 413 g/mol. The van der Waals surface area contributed by atoms with Crippen LogP contribution in [0.3, 0.4) is 0 Å². The molecule has 0 bridgehead atoms. The summed E-state index contributed by atoms with van der Waals surface area (Å²) in [4.78, 5) is 27.2. The molecule has 2 rings (SSSR count). The Morgan fingerprint density at radius 2 is 2.12 bits per heavy atom. The number of pyridine rings is 1. The predicted molar refractivity (Wildman–Crippen MR) is 98.0 cm³/mol. The number of carbonyl (C=O) groups is 1. The van der Waals surface area contributed by atoms with Gasteiger partial charge in [0.25, 0.3) is 5.56 Å². The van der Waals surface area contributed by atoms with Gasteiger partial charge in [-0.15, -0.1) is 0 Å². The lowest BCUT2D eigenvalue weighted by molar-refractivity contribution is 0.0697. The Labute approximate surface area is 157 Å². The number of anilines is 2. The van der Waals surface area contributed by atoms with E-state index in [9.17, 15) is 19.1 Å². The van der Waals surface area contributed by atoms with Crippen LogP contribution in [0, 0.1) is 12.7 Å². The second kappa shape index (κ2) is 10.0. The first-order chi connectivity index (χ1) is 12.2. The minimum Gasteiger partial charge on any atom is -0.478 e. The lowest BCUT2D eigenvalue weighted by Crippen LogP contribution is -2.23. The number of nitrogens with zero attached hydrogens (tertiary/aromatic N) is 1. The van der Waals surface area contributed by atoms with Crippen molar-refractivity contribution in [3.05, 3.63) is 56.2 Å². The van der Waals surface area contributed by atoms with E-state index < -0.39 is 11.8 Å². The molecule has 1 heterocycles. The summed E-state index contributed by atoms with van der Waals surface area (Å²) >= 11 is 3.14. The number of aliphatic hydroxyl groups excluding tert-OH is 1. The van der Waals surface area contributed by atoms with Gasteiger partial charge in [-0.1, -0.05) is 15.9 Å². The largest absolute Gasteiger partial charge is 0.478 e. The number of aliphatic hydroxyl groups is 1. The Hall–Kier alpha value is -2.27. The Balaban J connectivity index is 0.000000597. The van der Waals surface area contributed by atoms with E-state index >= 15 is 0 Å². The molecule has 0 fully saturated rings. The monoisotopic (exact) mass is 431 g/mol. The van der Waals surface area contributed by atoms with Gasteiger partial charge >= 0.3 is 5.97 Å². The van der Waals surface area contributed by atoms with Crippen LogP contribution in [0.25, 0.3) is 0 Å². The molecule has 0 unspecified atom stereocenters. The van der Waals surface area contributed by atoms with Gasteiger partial charge in [0.05, 0.1) is 30.2 Å². The van der Waals surface area contributed by atoms with Gasteiger partial charge in [0.15, 0.2) is 0 Å². The third kappa shape index (κ3) is 5.63. The van der Waals surface area contributed by atoms with Crippen LogP contribution >= 0.6 is 15.9 Å². The van der Waals surface area contributed by atoms with Crippen molar-refractivity contribution in [2.24, 2.45) is 12.9 Å². The first-order valence-corrected chi connectivity index (χ1v) is 8.10. The van der Waals surface area contributed by atoms with Crippen molar-refractivity contribution >= 4 is 33.3 Å². The van der Waals surface area contributed by atoms with Crippen LogP contribution in [0.5, 0.6) is 0 Å². The van der Waals surface area contributed by atoms with E-state index in [1.54, 1.807) is 6.07 Å². The van der Waals surface area contributed by atoms with Crippen molar-refractivity contribution in [1.29, 1.82) is 0 Å². The van der Waals surface area contributed by atoms with E-state index in [0.29, 0.717) is 4.47 Å². The van der Waals surface area contributed by atoms with E-state index in [4.69, 9.17) is 5.11 Å². The summed E-state index contributed by atoms with van der Waals surface area (Å²) in [5.74, 6) is 2.72. The molecule has 8 nitrogen and oxygen atoms in total. The summed E-state index contributed by atoms with van der Waals surface area (Å²) in [6.45, 7) is 1.71. The average molecular weight is 432 g/mol. The lowest BCUT2D eigenvalue weighted by atomic mass is 10.1. The van der Waals surface area contributed by atoms with Crippen LogP contribution in [0.4, 0.5) is 15.8 Å². The van der Waals surface area contributed by atoms with E-state index in [0.717, 1.165) is 0 Å². The van der Waals surface area contributed by atoms with Crippen LogP contribution in [0.2, 0.25) is 0 Å². The minimum atomic E-state index is -1.20. The zero-order chi connectivity index (χ0) is 19.9. The maximum Gasteiger partial charge on any atom is 0.339 e. The van der Waals surface area contributed by atoms with Gasteiger partial charge in [-0.3, -0.25) is 4.79 Å². The van der Waals surface area contributed by atoms with Crippen molar-refractivity contribution in [3.63, 3.8) is 0 Å². The molecule has 1 aromatic heterocycles. The normalized spacial score (nSPS) is 10.1. The number of aromatic carboxylic acids is 1. The number of hydrogen-bond acceptors (Lipinski definition) is 6. The number of aryl methyl sites for hydroxylation is 1. The van der Waals surface area contributed by atoms with Gasteiger partial charge in [0.1, 0.15) is 5.82 Å². The molecule has 0 radical (unpaired) electrons. The second-order valence-corrected chi connectivity index (χ2v) is 6.02. The van der Waals surface area contributed by atoms with Gasteiger partial charge < -0.3 is 24.9 Å². The maximum absolute atomic E-state index is 13.9. The van der Waals surface area contributed by atoms with Crippen LogP contribution in [0.15, 0.2) is 33.7 Å². The maximum atomic E-state index is 13.9. The van der Waals surface area contributed by atoms with Crippen molar-refractivity contribution in [1.82, 2.24) is 4.57 Å². The summed E-state index contributed by atoms with van der Waals surface area (Å²) in [6, 6.07) is 4.32. The van der Waals surface area contributed by atoms with Gasteiger partial charge in [-0.25, -0.2) is 15.1 Å². The SMILES string of the molecule is Cc1c(Nc2ccc(Br)cc2F)c(C(=O)O)cn(C)c1=O.NOCCO. The first kappa shape index (κ1) is 21.8.